The Morgan fingerprint density at radius 1 is 1.42 bits per heavy atom. The summed E-state index contributed by atoms with van der Waals surface area (Å²) in [4.78, 5) is 25.3. The number of nitrogens with two attached hydrogens (primary N) is 1. The lowest BCUT2D eigenvalue weighted by Gasteiger charge is -2.34. The average molecular weight is 266 g/mol. The van der Waals surface area contributed by atoms with Crippen molar-refractivity contribution in [3.8, 4) is 0 Å². The lowest BCUT2D eigenvalue weighted by Crippen LogP contribution is -2.52. The number of hydrogen-bond acceptors (Lipinski definition) is 3. The van der Waals surface area contributed by atoms with Crippen LogP contribution in [0.4, 0.5) is 0 Å². The largest absolute Gasteiger partial charge is 0.480 e. The van der Waals surface area contributed by atoms with Crippen LogP contribution in [0.1, 0.15) is 38.5 Å². The number of carboxylic acids is 1. The molecule has 1 amide bonds. The predicted molar refractivity (Wildman–Crippen MR) is 71.4 cm³/mol. The fourth-order valence-electron chi connectivity index (χ4n) is 3.47. The maximum atomic E-state index is 12.4. The number of likely N-dealkylation sites (tertiary alicyclic amines) is 1. The molecule has 1 heterocycles. The highest BCUT2D eigenvalue weighted by Crippen LogP contribution is 2.40. The first-order chi connectivity index (χ1) is 9.06. The molecule has 0 aromatic carbocycles. The molecular weight excluding hydrogens is 244 g/mol. The van der Waals surface area contributed by atoms with Crippen molar-refractivity contribution >= 4 is 11.9 Å². The molecule has 4 atom stereocenters. The van der Waals surface area contributed by atoms with Gasteiger partial charge in [-0.15, -0.1) is 6.58 Å². The molecule has 0 spiro atoms. The van der Waals surface area contributed by atoms with Crippen molar-refractivity contribution in [2.75, 3.05) is 0 Å². The molecule has 1 aliphatic carbocycles. The van der Waals surface area contributed by atoms with Gasteiger partial charge < -0.3 is 15.7 Å². The summed E-state index contributed by atoms with van der Waals surface area (Å²) in [6, 6.07) is -1.30. The van der Waals surface area contributed by atoms with Gasteiger partial charge in [-0.2, -0.15) is 0 Å². The van der Waals surface area contributed by atoms with Gasteiger partial charge in [-0.3, -0.25) is 4.79 Å². The maximum absolute atomic E-state index is 12.4. The molecule has 1 saturated carbocycles. The van der Waals surface area contributed by atoms with E-state index < -0.39 is 18.1 Å². The quantitative estimate of drug-likeness (QED) is 0.747. The van der Waals surface area contributed by atoms with Crippen LogP contribution < -0.4 is 5.73 Å². The van der Waals surface area contributed by atoms with Gasteiger partial charge in [0.2, 0.25) is 5.91 Å². The average Bonchev–Trinajstić information content (AvgIpc) is 2.77. The number of aliphatic carboxylic acids is 1. The molecule has 0 aromatic rings. The van der Waals surface area contributed by atoms with Gasteiger partial charge in [0, 0.05) is 6.04 Å². The summed E-state index contributed by atoms with van der Waals surface area (Å²) >= 11 is 0. The number of amides is 1. The summed E-state index contributed by atoms with van der Waals surface area (Å²) in [5.74, 6) is -0.815. The highest BCUT2D eigenvalue weighted by Gasteiger charge is 2.48. The van der Waals surface area contributed by atoms with E-state index in [9.17, 15) is 14.7 Å². The van der Waals surface area contributed by atoms with Gasteiger partial charge >= 0.3 is 5.97 Å². The van der Waals surface area contributed by atoms with E-state index in [1.165, 1.54) is 0 Å². The molecule has 2 fully saturated rings. The zero-order valence-corrected chi connectivity index (χ0v) is 11.1. The van der Waals surface area contributed by atoms with Crippen LogP contribution in [-0.4, -0.2) is 40.0 Å². The molecule has 5 nitrogen and oxygen atoms in total. The van der Waals surface area contributed by atoms with Crippen molar-refractivity contribution in [3.63, 3.8) is 0 Å². The van der Waals surface area contributed by atoms with Crippen molar-refractivity contribution in [1.82, 2.24) is 4.90 Å². The molecule has 0 bridgehead atoms. The lowest BCUT2D eigenvalue weighted by molar-refractivity contribution is -0.150. The van der Waals surface area contributed by atoms with Gasteiger partial charge in [0.1, 0.15) is 6.04 Å². The molecule has 1 saturated heterocycles. The van der Waals surface area contributed by atoms with E-state index in [0.29, 0.717) is 18.8 Å². The van der Waals surface area contributed by atoms with E-state index >= 15 is 0 Å². The molecular formula is C14H22N2O3. The zero-order chi connectivity index (χ0) is 14.0. The Kier molecular flexibility index (Phi) is 4.24. The van der Waals surface area contributed by atoms with Gasteiger partial charge in [0.15, 0.2) is 0 Å². The minimum atomic E-state index is -0.909. The number of rotatable bonds is 4. The molecule has 1 aliphatic heterocycles. The van der Waals surface area contributed by atoms with Crippen LogP contribution in [0.5, 0.6) is 0 Å². The topological polar surface area (TPSA) is 83.6 Å². The van der Waals surface area contributed by atoms with Crippen molar-refractivity contribution < 1.29 is 14.7 Å². The van der Waals surface area contributed by atoms with Gasteiger partial charge in [0.05, 0.1) is 6.04 Å². The van der Waals surface area contributed by atoms with Crippen molar-refractivity contribution in [2.24, 2.45) is 11.7 Å². The Bertz CT molecular complexity index is 383. The zero-order valence-electron chi connectivity index (χ0n) is 11.1. The Hall–Kier alpha value is -1.36. The van der Waals surface area contributed by atoms with Crippen LogP contribution in [0.3, 0.4) is 0 Å². The molecule has 0 aromatic heterocycles. The first-order valence-electron chi connectivity index (χ1n) is 6.97. The van der Waals surface area contributed by atoms with E-state index in [-0.39, 0.29) is 11.9 Å². The Balaban J connectivity index is 2.19. The fraction of sp³-hybridized carbons (Fsp3) is 0.714. The van der Waals surface area contributed by atoms with Gasteiger partial charge in [-0.25, -0.2) is 4.79 Å². The summed E-state index contributed by atoms with van der Waals surface area (Å²) in [5, 5.41) is 9.34. The molecule has 2 rings (SSSR count). The van der Waals surface area contributed by atoms with E-state index in [4.69, 9.17) is 5.73 Å². The summed E-state index contributed by atoms with van der Waals surface area (Å²) in [6.07, 6.45) is 6.69. The lowest BCUT2D eigenvalue weighted by atomic mass is 9.84. The van der Waals surface area contributed by atoms with Crippen LogP contribution in [0, 0.1) is 5.92 Å². The van der Waals surface area contributed by atoms with Crippen LogP contribution in [0.2, 0.25) is 0 Å². The third kappa shape index (κ3) is 2.66. The van der Waals surface area contributed by atoms with Gasteiger partial charge in [0.25, 0.3) is 0 Å². The molecule has 4 unspecified atom stereocenters. The molecule has 19 heavy (non-hydrogen) atoms. The van der Waals surface area contributed by atoms with E-state index in [2.05, 4.69) is 6.58 Å². The third-order valence-electron chi connectivity index (χ3n) is 4.37. The normalized spacial score (nSPS) is 31.6. The number of hydrogen-bond donors (Lipinski definition) is 2. The van der Waals surface area contributed by atoms with Crippen molar-refractivity contribution in [1.29, 1.82) is 0 Å². The molecule has 5 heteroatoms. The minimum Gasteiger partial charge on any atom is -0.480 e. The highest BCUT2D eigenvalue weighted by molar-refractivity contribution is 5.88. The standard InChI is InChI=1S/C14H22N2O3/c1-2-5-10(15)13(17)16-11-7-4-3-6-9(11)8-12(16)14(18)19/h2,9-12H,1,3-8,15H2,(H,18,19). The second-order valence-electron chi connectivity index (χ2n) is 5.58. The van der Waals surface area contributed by atoms with Gasteiger partial charge in [-0.1, -0.05) is 18.9 Å². The molecule has 2 aliphatic rings. The number of fused-ring (bicyclic) bond motifs is 1. The third-order valence-corrected chi connectivity index (χ3v) is 4.37. The first kappa shape index (κ1) is 14.1. The first-order valence-corrected chi connectivity index (χ1v) is 6.97. The number of carbonyl (C=O) groups excluding carboxylic acids is 1. The van der Waals surface area contributed by atoms with Crippen LogP contribution in [0.15, 0.2) is 12.7 Å². The van der Waals surface area contributed by atoms with Crippen molar-refractivity contribution in [2.45, 2.75) is 56.7 Å². The van der Waals surface area contributed by atoms with Crippen LogP contribution in [-0.2, 0) is 9.59 Å². The SMILES string of the molecule is C=CCC(N)C(=O)N1C(C(=O)O)CC2CCCCC21. The predicted octanol–water partition coefficient (Wildman–Crippen LogP) is 1.13. The van der Waals surface area contributed by atoms with Crippen molar-refractivity contribution in [3.05, 3.63) is 12.7 Å². The minimum absolute atomic E-state index is 0.0678. The Labute approximate surface area is 113 Å². The second kappa shape index (κ2) is 5.74. The van der Waals surface area contributed by atoms with E-state index in [0.717, 1.165) is 25.7 Å². The second-order valence-corrected chi connectivity index (χ2v) is 5.58. The summed E-state index contributed by atoms with van der Waals surface area (Å²) < 4.78 is 0. The highest BCUT2D eigenvalue weighted by atomic mass is 16.4. The Morgan fingerprint density at radius 3 is 2.74 bits per heavy atom. The van der Waals surface area contributed by atoms with Gasteiger partial charge in [-0.05, 0) is 31.6 Å². The molecule has 3 N–H and O–H groups in total. The Morgan fingerprint density at radius 2 is 2.11 bits per heavy atom. The number of carboxylic acid groups (broad SMARTS) is 1. The molecule has 106 valence electrons. The monoisotopic (exact) mass is 266 g/mol. The molecule has 0 radical (unpaired) electrons. The smallest absolute Gasteiger partial charge is 0.326 e. The maximum Gasteiger partial charge on any atom is 0.326 e. The summed E-state index contributed by atoms with van der Waals surface area (Å²) in [6.45, 7) is 3.58. The number of carbonyl (C=O) groups is 2. The van der Waals surface area contributed by atoms with E-state index in [1.54, 1.807) is 11.0 Å². The van der Waals surface area contributed by atoms with E-state index in [1.807, 2.05) is 0 Å². The summed E-state index contributed by atoms with van der Waals surface area (Å²) in [7, 11) is 0. The number of nitrogens with zero attached hydrogens (tertiary/aromatic N) is 1. The van der Waals surface area contributed by atoms with Crippen LogP contribution >= 0.6 is 0 Å². The fourth-order valence-corrected chi connectivity index (χ4v) is 3.47. The summed E-state index contributed by atoms with van der Waals surface area (Å²) in [5.41, 5.74) is 5.84. The van der Waals surface area contributed by atoms with Crippen LogP contribution in [0.25, 0.3) is 0 Å².